The normalized spacial score (nSPS) is 20.6. The number of hydrogen-bond donors (Lipinski definition) is 3. The number of para-hydroxylation sites is 2. The number of aromatic carboxylic acids is 1. The zero-order chi connectivity index (χ0) is 48.8. The fourth-order valence-corrected chi connectivity index (χ4v) is 12.5. The van der Waals surface area contributed by atoms with Crippen LogP contribution < -0.4 is 20.3 Å². The molecule has 4 aromatic carbocycles. The topological polar surface area (TPSA) is 172 Å². The van der Waals surface area contributed by atoms with E-state index in [0.29, 0.717) is 66.3 Å². The third-order valence-electron chi connectivity index (χ3n) is 15.4. The predicted molar refractivity (Wildman–Crippen MR) is 275 cm³/mol. The van der Waals surface area contributed by atoms with E-state index in [1.165, 1.54) is 23.3 Å². The lowest BCUT2D eigenvalue weighted by Gasteiger charge is -2.31. The Bertz CT molecular complexity index is 3180. The fourth-order valence-electron chi connectivity index (χ4n) is 11.7. The molecule has 0 radical (unpaired) electrons. The molecule has 6 heterocycles. The first-order chi connectivity index (χ1) is 34.5. The Labute approximate surface area is 416 Å². The van der Waals surface area contributed by atoms with Gasteiger partial charge in [-0.2, -0.15) is 5.10 Å². The first-order valence-electron chi connectivity index (χ1n) is 25.1. The molecule has 14 nitrogen and oxygen atoms in total. The van der Waals surface area contributed by atoms with E-state index < -0.39 is 11.9 Å². The molecule has 71 heavy (non-hydrogen) atoms. The number of piperidine rings is 1. The number of aryl methyl sites for hydroxylation is 1. The lowest BCUT2D eigenvalue weighted by molar-refractivity contribution is -0.134. The number of fused-ring (bicyclic) bond motifs is 3. The van der Waals surface area contributed by atoms with Gasteiger partial charge in [0.25, 0.3) is 5.91 Å². The van der Waals surface area contributed by atoms with Gasteiger partial charge in [-0.25, -0.2) is 14.8 Å². The van der Waals surface area contributed by atoms with Gasteiger partial charge in [0, 0.05) is 49.6 Å². The number of anilines is 2. The van der Waals surface area contributed by atoms with Crippen molar-refractivity contribution < 1.29 is 29.0 Å². The van der Waals surface area contributed by atoms with Crippen molar-refractivity contribution >= 4 is 67.1 Å². The summed E-state index contributed by atoms with van der Waals surface area (Å²) in [4.78, 5) is 65.1. The number of imide groups is 1. The van der Waals surface area contributed by atoms with E-state index in [-0.39, 0.29) is 29.5 Å². The second-order valence-electron chi connectivity index (χ2n) is 19.8. The molecular formula is C56H58N8O6S. The molecule has 3 aromatic heterocycles. The van der Waals surface area contributed by atoms with Crippen LogP contribution in [0.3, 0.4) is 0 Å². The summed E-state index contributed by atoms with van der Waals surface area (Å²) in [6.07, 6.45) is 9.26. The molecule has 2 atom stereocenters. The van der Waals surface area contributed by atoms with Crippen molar-refractivity contribution in [2.24, 2.45) is 13.0 Å². The molecule has 0 bridgehead atoms. The van der Waals surface area contributed by atoms with Crippen molar-refractivity contribution in [2.75, 3.05) is 36.4 Å². The van der Waals surface area contributed by atoms with Crippen LogP contribution in [0.2, 0.25) is 0 Å². The van der Waals surface area contributed by atoms with E-state index in [9.17, 15) is 24.3 Å². The molecule has 15 heteroatoms. The summed E-state index contributed by atoms with van der Waals surface area (Å²) in [5, 5.41) is 22.4. The van der Waals surface area contributed by atoms with Gasteiger partial charge in [0.1, 0.15) is 11.6 Å². The van der Waals surface area contributed by atoms with Crippen molar-refractivity contribution in [2.45, 2.75) is 95.6 Å². The van der Waals surface area contributed by atoms with Crippen LogP contribution in [0.5, 0.6) is 5.75 Å². The quantitative estimate of drug-likeness (QED) is 0.0940. The Morgan fingerprint density at radius 3 is 2.54 bits per heavy atom. The average molecular weight is 971 g/mol. The van der Waals surface area contributed by atoms with E-state index in [2.05, 4.69) is 38.7 Å². The highest BCUT2D eigenvalue weighted by Crippen LogP contribution is 2.39. The van der Waals surface area contributed by atoms with Crippen LogP contribution >= 0.6 is 11.3 Å². The van der Waals surface area contributed by atoms with Crippen LogP contribution in [-0.2, 0) is 29.6 Å². The number of hydrogen-bond acceptors (Lipinski definition) is 11. The van der Waals surface area contributed by atoms with Gasteiger partial charge < -0.3 is 19.6 Å². The molecule has 3 amide bonds. The number of benzene rings is 4. The van der Waals surface area contributed by atoms with E-state index in [1.54, 1.807) is 0 Å². The molecule has 7 aromatic rings. The van der Waals surface area contributed by atoms with Crippen molar-refractivity contribution in [3.8, 4) is 16.9 Å². The van der Waals surface area contributed by atoms with Gasteiger partial charge in [-0.15, -0.1) is 0 Å². The summed E-state index contributed by atoms with van der Waals surface area (Å²) >= 11 is 1.44. The maximum Gasteiger partial charge on any atom is 0.355 e. The van der Waals surface area contributed by atoms with Gasteiger partial charge in [0.05, 0.1) is 33.4 Å². The number of carbonyl (C=O) groups is 4. The monoisotopic (exact) mass is 970 g/mol. The van der Waals surface area contributed by atoms with Crippen LogP contribution in [0, 0.1) is 12.8 Å². The Morgan fingerprint density at radius 1 is 0.873 bits per heavy atom. The first-order valence-corrected chi connectivity index (χ1v) is 25.9. The summed E-state index contributed by atoms with van der Waals surface area (Å²) < 4.78 is 9.63. The molecule has 11 rings (SSSR count). The Morgan fingerprint density at radius 2 is 1.70 bits per heavy atom. The zero-order valence-electron chi connectivity index (χ0n) is 40.2. The fraction of sp³-hybridized carbons (Fsp3) is 0.375. The number of amides is 3. The predicted octanol–water partition coefficient (Wildman–Crippen LogP) is 9.79. The first kappa shape index (κ1) is 46.4. The average Bonchev–Trinajstić information content (AvgIpc) is 4.11. The van der Waals surface area contributed by atoms with Gasteiger partial charge in [-0.05, 0) is 154 Å². The summed E-state index contributed by atoms with van der Waals surface area (Å²) in [6, 6.07) is 29.6. The van der Waals surface area contributed by atoms with Crippen molar-refractivity contribution in [1.29, 1.82) is 0 Å². The highest BCUT2D eigenvalue weighted by molar-refractivity contribution is 7.22. The SMILES string of the molecule is Cc1c(OC2CCC(CCCN3CC[C@@H](c4cccc5c(C6CCC(=O)NC6=O)nn(C)c45)C3)CC2)cccc1-c1ccc(N2CCc3cccc(C(=O)Nc4nc5ccccc5s4)c3C2)nc1C(=O)O. The molecule has 4 aliphatic rings. The third-order valence-corrected chi connectivity index (χ3v) is 16.3. The van der Waals surface area contributed by atoms with Gasteiger partial charge in [0.2, 0.25) is 11.8 Å². The van der Waals surface area contributed by atoms with E-state index in [4.69, 9.17) is 14.8 Å². The molecule has 2 saturated heterocycles. The van der Waals surface area contributed by atoms with Crippen LogP contribution in [0.4, 0.5) is 10.9 Å². The lowest BCUT2D eigenvalue weighted by Crippen LogP contribution is -2.39. The van der Waals surface area contributed by atoms with Crippen LogP contribution in [0.1, 0.15) is 118 Å². The van der Waals surface area contributed by atoms with E-state index in [0.717, 1.165) is 113 Å². The molecule has 3 fully saturated rings. The number of likely N-dealkylation sites (tertiary alicyclic amines) is 1. The maximum atomic E-state index is 13.7. The highest BCUT2D eigenvalue weighted by Gasteiger charge is 2.34. The molecule has 1 aliphatic carbocycles. The van der Waals surface area contributed by atoms with Gasteiger partial charge in [-0.3, -0.25) is 29.7 Å². The second kappa shape index (κ2) is 19.7. The molecule has 364 valence electrons. The zero-order valence-corrected chi connectivity index (χ0v) is 41.0. The van der Waals surface area contributed by atoms with Gasteiger partial charge >= 0.3 is 5.97 Å². The Balaban J connectivity index is 0.686. The molecular weight excluding hydrogens is 913 g/mol. The number of carboxylic acids is 1. The van der Waals surface area contributed by atoms with Gasteiger partial charge in [-0.1, -0.05) is 65.9 Å². The van der Waals surface area contributed by atoms with Gasteiger partial charge in [0.15, 0.2) is 10.8 Å². The number of nitrogens with one attached hydrogen (secondary N) is 2. The van der Waals surface area contributed by atoms with Crippen molar-refractivity contribution in [1.82, 2.24) is 30.0 Å². The maximum absolute atomic E-state index is 13.7. The molecule has 1 unspecified atom stereocenters. The molecule has 0 spiro atoms. The summed E-state index contributed by atoms with van der Waals surface area (Å²) in [5.41, 5.74) is 8.73. The molecule has 1 saturated carbocycles. The molecule has 3 aliphatic heterocycles. The van der Waals surface area contributed by atoms with Crippen LogP contribution in [0.25, 0.3) is 32.2 Å². The third kappa shape index (κ3) is 9.40. The number of thiazole rings is 1. The van der Waals surface area contributed by atoms with Crippen molar-refractivity contribution in [3.63, 3.8) is 0 Å². The minimum Gasteiger partial charge on any atom is -0.490 e. The lowest BCUT2D eigenvalue weighted by atomic mass is 9.84. The number of ether oxygens (including phenoxy) is 1. The number of carbonyl (C=O) groups excluding carboxylic acids is 3. The summed E-state index contributed by atoms with van der Waals surface area (Å²) in [7, 11) is 1.96. The number of nitrogens with zero attached hydrogens (tertiary/aromatic N) is 6. The minimum atomic E-state index is -1.10. The van der Waals surface area contributed by atoms with E-state index in [1.807, 2.05) is 96.3 Å². The summed E-state index contributed by atoms with van der Waals surface area (Å²) in [5.74, 6) is 0.181. The van der Waals surface area contributed by atoms with Crippen LogP contribution in [-0.4, -0.2) is 85.7 Å². The highest BCUT2D eigenvalue weighted by atomic mass is 32.1. The number of carboxylic acid groups (broad SMARTS) is 1. The number of rotatable bonds is 13. The molecule has 3 N–H and O–H groups in total. The smallest absolute Gasteiger partial charge is 0.355 e. The second-order valence-corrected chi connectivity index (χ2v) is 20.8. The summed E-state index contributed by atoms with van der Waals surface area (Å²) in [6.45, 7) is 6.19. The largest absolute Gasteiger partial charge is 0.490 e. The number of pyridine rings is 1. The van der Waals surface area contributed by atoms with Crippen LogP contribution in [0.15, 0.2) is 91.0 Å². The Kier molecular flexibility index (Phi) is 12.9. The minimum absolute atomic E-state index is 0.0215. The van der Waals surface area contributed by atoms with E-state index >= 15 is 0 Å². The number of aromatic nitrogens is 4. The van der Waals surface area contributed by atoms with Crippen molar-refractivity contribution in [3.05, 3.63) is 130 Å². The Hall–Kier alpha value is -6.97. The standard InChI is InChI=1S/C56H58N8O6S/c1-33-38(40-22-24-48(58-51(40)55(68)69)64-30-27-35-10-5-13-41(44(35)32-64)53(66)60-56-57-45-15-3-4-17-47(45)71-56)11-7-16-46(33)70-37-20-18-34(19-21-37)9-8-28-63-29-26-36(31-63)39-12-6-14-42-50(61-62(2)52(39)42)43-23-25-49(65)59-54(43)67/h3-7,10-17,22,24,34,36-37,43H,8-9,18-21,23,25-32H2,1-2H3,(H,68,69)(H,57,60,66)(H,59,65,67)/t34?,36-,37?,43?/m1/s1.